The Morgan fingerprint density at radius 3 is 2.24 bits per heavy atom. The van der Waals surface area contributed by atoms with Gasteiger partial charge in [0.25, 0.3) is 0 Å². The van der Waals surface area contributed by atoms with Crippen LogP contribution in [0.1, 0.15) is 0 Å². The summed E-state index contributed by atoms with van der Waals surface area (Å²) in [5.74, 6) is -0.251. The van der Waals surface area contributed by atoms with Gasteiger partial charge in [0.1, 0.15) is 5.82 Å². The zero-order valence-electron chi connectivity index (χ0n) is 9.14. The van der Waals surface area contributed by atoms with Crippen LogP contribution < -0.4 is 5.73 Å². The van der Waals surface area contributed by atoms with E-state index in [0.717, 1.165) is 0 Å². The Hall–Kier alpha value is -1.87. The highest BCUT2D eigenvalue weighted by Gasteiger charge is 1.88. The van der Waals surface area contributed by atoms with Crippen molar-refractivity contribution in [2.75, 3.05) is 5.73 Å². The minimum absolute atomic E-state index is 0.251. The van der Waals surface area contributed by atoms with Crippen molar-refractivity contribution in [3.8, 4) is 0 Å². The number of nitrogens with two attached hydrogens (primary N) is 1. The molecule has 1 nitrogen and oxygen atoms in total. The summed E-state index contributed by atoms with van der Waals surface area (Å²) in [7, 11) is 0. The summed E-state index contributed by atoms with van der Waals surface area (Å²) in [5, 5.41) is 3.47. The van der Waals surface area contributed by atoms with E-state index in [0.29, 0.717) is 5.69 Å². The zero-order chi connectivity index (χ0) is 12.1. The van der Waals surface area contributed by atoms with E-state index in [2.05, 4.69) is 35.7 Å². The van der Waals surface area contributed by atoms with Gasteiger partial charge in [-0.2, -0.15) is 0 Å². The maximum absolute atomic E-state index is 12.0. The van der Waals surface area contributed by atoms with Crippen molar-refractivity contribution in [1.82, 2.24) is 0 Å². The third-order valence-corrected chi connectivity index (χ3v) is 3.13. The average molecular weight is 245 g/mol. The maximum atomic E-state index is 12.0. The van der Waals surface area contributed by atoms with Crippen LogP contribution >= 0.6 is 11.3 Å². The second-order valence-corrected chi connectivity index (χ2v) is 4.46. The molecular formula is C14H12FNS. The van der Waals surface area contributed by atoms with Gasteiger partial charge < -0.3 is 5.73 Å². The molecule has 0 radical (unpaired) electrons. The van der Waals surface area contributed by atoms with Crippen LogP contribution in [-0.4, -0.2) is 0 Å². The van der Waals surface area contributed by atoms with Crippen LogP contribution in [0.15, 0.2) is 60.0 Å². The molecule has 17 heavy (non-hydrogen) atoms. The second-order valence-electron chi connectivity index (χ2n) is 3.51. The highest BCUT2D eigenvalue weighted by atomic mass is 32.1. The van der Waals surface area contributed by atoms with Gasteiger partial charge in [0.2, 0.25) is 0 Å². The number of benzene rings is 2. The van der Waals surface area contributed by atoms with Crippen molar-refractivity contribution in [1.29, 1.82) is 0 Å². The molecule has 2 aromatic carbocycles. The number of halogens is 1. The van der Waals surface area contributed by atoms with E-state index < -0.39 is 0 Å². The van der Waals surface area contributed by atoms with E-state index in [-0.39, 0.29) is 5.82 Å². The third kappa shape index (κ3) is 3.29. The summed E-state index contributed by atoms with van der Waals surface area (Å²) in [5.41, 5.74) is 5.85. The van der Waals surface area contributed by atoms with Crippen LogP contribution in [0.5, 0.6) is 0 Å². The molecule has 0 aliphatic heterocycles. The lowest BCUT2D eigenvalue weighted by atomic mass is 10.3. The molecule has 2 N–H and O–H groups in total. The Kier molecular flexibility index (Phi) is 3.73. The number of anilines is 1. The molecule has 0 aliphatic carbocycles. The minimum atomic E-state index is -0.251. The summed E-state index contributed by atoms with van der Waals surface area (Å²) in [6.45, 7) is 0. The van der Waals surface area contributed by atoms with Gasteiger partial charge in [0, 0.05) is 10.4 Å². The number of nitrogen functional groups attached to an aromatic ring is 1. The highest BCUT2D eigenvalue weighted by molar-refractivity contribution is 7.17. The molecule has 0 unspecified atom stereocenters. The number of fused-ring (bicyclic) bond motifs is 1. The Morgan fingerprint density at radius 1 is 0.882 bits per heavy atom. The SMILES string of the molecule is Nc1ccc(F)cc1.c1ccc2sccc2c1. The molecule has 0 saturated heterocycles. The predicted octanol–water partition coefficient (Wildman–Crippen LogP) is 4.31. The number of hydrogen-bond acceptors (Lipinski definition) is 2. The van der Waals surface area contributed by atoms with E-state index in [1.807, 2.05) is 0 Å². The lowest BCUT2D eigenvalue weighted by molar-refractivity contribution is 0.628. The molecule has 1 aromatic heterocycles. The summed E-state index contributed by atoms with van der Waals surface area (Å²) in [6, 6.07) is 16.2. The Balaban J connectivity index is 0.000000128. The van der Waals surface area contributed by atoms with E-state index in [9.17, 15) is 4.39 Å². The monoisotopic (exact) mass is 245 g/mol. The van der Waals surface area contributed by atoms with Gasteiger partial charge >= 0.3 is 0 Å². The molecule has 0 aliphatic rings. The van der Waals surface area contributed by atoms with Gasteiger partial charge in [-0.3, -0.25) is 0 Å². The van der Waals surface area contributed by atoms with Crippen molar-refractivity contribution in [2.24, 2.45) is 0 Å². The number of rotatable bonds is 0. The molecule has 3 aromatic rings. The lowest BCUT2D eigenvalue weighted by Gasteiger charge is -1.87. The molecule has 3 heteroatoms. The average Bonchev–Trinajstić information content (AvgIpc) is 2.82. The topological polar surface area (TPSA) is 26.0 Å². The van der Waals surface area contributed by atoms with Gasteiger partial charge in [-0.05, 0) is 47.2 Å². The highest BCUT2D eigenvalue weighted by Crippen LogP contribution is 2.18. The second kappa shape index (κ2) is 5.46. The fourth-order valence-electron chi connectivity index (χ4n) is 1.37. The first kappa shape index (κ1) is 11.6. The smallest absolute Gasteiger partial charge is 0.123 e. The van der Waals surface area contributed by atoms with Crippen molar-refractivity contribution < 1.29 is 4.39 Å². The molecule has 0 saturated carbocycles. The van der Waals surface area contributed by atoms with Gasteiger partial charge in [0.05, 0.1) is 0 Å². The predicted molar refractivity (Wildman–Crippen MR) is 72.6 cm³/mol. The molecule has 0 fully saturated rings. The summed E-state index contributed by atoms with van der Waals surface area (Å²) in [4.78, 5) is 0. The lowest BCUT2D eigenvalue weighted by Crippen LogP contribution is -1.82. The zero-order valence-corrected chi connectivity index (χ0v) is 9.95. The van der Waals surface area contributed by atoms with Crippen molar-refractivity contribution in [3.63, 3.8) is 0 Å². The number of thiophene rings is 1. The van der Waals surface area contributed by atoms with Crippen LogP contribution in [0.25, 0.3) is 10.1 Å². The van der Waals surface area contributed by atoms with E-state index >= 15 is 0 Å². The fourth-order valence-corrected chi connectivity index (χ4v) is 2.16. The Bertz CT molecular complexity index is 535. The molecule has 0 atom stereocenters. The van der Waals surface area contributed by atoms with E-state index in [1.54, 1.807) is 11.3 Å². The van der Waals surface area contributed by atoms with Crippen LogP contribution in [0.4, 0.5) is 10.1 Å². The van der Waals surface area contributed by atoms with E-state index in [1.165, 1.54) is 34.4 Å². The Morgan fingerprint density at radius 2 is 1.59 bits per heavy atom. The molecule has 0 bridgehead atoms. The first-order chi connectivity index (χ1) is 8.25. The summed E-state index contributed by atoms with van der Waals surface area (Å²) >= 11 is 1.79. The molecule has 1 heterocycles. The largest absolute Gasteiger partial charge is 0.399 e. The first-order valence-electron chi connectivity index (χ1n) is 5.19. The first-order valence-corrected chi connectivity index (χ1v) is 6.07. The van der Waals surface area contributed by atoms with Gasteiger partial charge in [-0.15, -0.1) is 11.3 Å². The normalized spacial score (nSPS) is 9.71. The van der Waals surface area contributed by atoms with Gasteiger partial charge in [-0.1, -0.05) is 18.2 Å². The van der Waals surface area contributed by atoms with Crippen molar-refractivity contribution in [2.45, 2.75) is 0 Å². The molecular weight excluding hydrogens is 233 g/mol. The fraction of sp³-hybridized carbons (Fsp3) is 0. The van der Waals surface area contributed by atoms with Crippen molar-refractivity contribution in [3.05, 3.63) is 65.8 Å². The molecule has 86 valence electrons. The summed E-state index contributed by atoms with van der Waals surface area (Å²) < 4.78 is 13.4. The molecule has 0 amide bonds. The number of hydrogen-bond donors (Lipinski definition) is 1. The quantitative estimate of drug-likeness (QED) is 0.587. The van der Waals surface area contributed by atoms with Crippen molar-refractivity contribution >= 4 is 27.1 Å². The summed E-state index contributed by atoms with van der Waals surface area (Å²) in [6.07, 6.45) is 0. The maximum Gasteiger partial charge on any atom is 0.123 e. The Labute approximate surface area is 103 Å². The standard InChI is InChI=1S/C8H6S.C6H6FN/c1-2-4-8-7(3-1)5-6-9-8;7-5-1-3-6(8)4-2-5/h1-6H;1-4H,8H2. The van der Waals surface area contributed by atoms with Gasteiger partial charge in [0.15, 0.2) is 0 Å². The third-order valence-electron chi connectivity index (χ3n) is 2.23. The molecule has 3 rings (SSSR count). The minimum Gasteiger partial charge on any atom is -0.399 e. The van der Waals surface area contributed by atoms with Crippen LogP contribution in [0, 0.1) is 5.82 Å². The van der Waals surface area contributed by atoms with Crippen LogP contribution in [0.3, 0.4) is 0 Å². The molecule has 0 spiro atoms. The van der Waals surface area contributed by atoms with Gasteiger partial charge in [-0.25, -0.2) is 4.39 Å². The van der Waals surface area contributed by atoms with Crippen LogP contribution in [-0.2, 0) is 0 Å². The van der Waals surface area contributed by atoms with E-state index in [4.69, 9.17) is 5.73 Å². The van der Waals surface area contributed by atoms with Crippen LogP contribution in [0.2, 0.25) is 0 Å².